The second-order valence-corrected chi connectivity index (χ2v) is 5.92. The molecule has 1 saturated heterocycles. The van der Waals surface area contributed by atoms with Gasteiger partial charge in [-0.3, -0.25) is 4.68 Å². The highest BCUT2D eigenvalue weighted by atomic mass is 15.3. The van der Waals surface area contributed by atoms with E-state index < -0.39 is 0 Å². The summed E-state index contributed by atoms with van der Waals surface area (Å²) in [5, 5.41) is 8.10. The number of benzene rings is 1. The van der Waals surface area contributed by atoms with E-state index >= 15 is 0 Å². The van der Waals surface area contributed by atoms with Gasteiger partial charge in [-0.15, -0.1) is 0 Å². The molecule has 4 nitrogen and oxygen atoms in total. The average molecular weight is 284 g/mol. The fourth-order valence-electron chi connectivity index (χ4n) is 3.44. The number of piperidine rings is 1. The standard InChI is InChI=1S/C17H24N4/c1-3-7-15-19-16(21(2)20-15)17(10-12-18-13-11-17)14-8-5-4-6-9-14/h4-6,8-9,18H,3,7,10-13H2,1-2H3. The monoisotopic (exact) mass is 284 g/mol. The third-order valence-electron chi connectivity index (χ3n) is 4.49. The molecule has 0 amide bonds. The number of hydrogen-bond acceptors (Lipinski definition) is 3. The second kappa shape index (κ2) is 5.98. The van der Waals surface area contributed by atoms with E-state index in [-0.39, 0.29) is 5.41 Å². The van der Waals surface area contributed by atoms with Crippen LogP contribution in [0.1, 0.15) is 43.4 Å². The van der Waals surface area contributed by atoms with Gasteiger partial charge in [0.1, 0.15) is 5.82 Å². The lowest BCUT2D eigenvalue weighted by Crippen LogP contribution is -2.42. The molecular weight excluding hydrogens is 260 g/mol. The Morgan fingerprint density at radius 3 is 2.57 bits per heavy atom. The molecule has 1 N–H and O–H groups in total. The summed E-state index contributed by atoms with van der Waals surface area (Å²) in [6.45, 7) is 4.24. The minimum absolute atomic E-state index is 0.000249. The maximum absolute atomic E-state index is 4.90. The third kappa shape index (κ3) is 2.60. The molecular formula is C17H24N4. The summed E-state index contributed by atoms with van der Waals surface area (Å²) in [5.41, 5.74) is 1.37. The smallest absolute Gasteiger partial charge is 0.150 e. The highest BCUT2D eigenvalue weighted by Crippen LogP contribution is 2.38. The zero-order chi connectivity index (χ0) is 14.7. The lowest BCUT2D eigenvalue weighted by atomic mass is 9.72. The third-order valence-corrected chi connectivity index (χ3v) is 4.49. The van der Waals surface area contributed by atoms with E-state index in [4.69, 9.17) is 4.98 Å². The van der Waals surface area contributed by atoms with Crippen molar-refractivity contribution in [1.29, 1.82) is 0 Å². The number of aryl methyl sites for hydroxylation is 2. The summed E-state index contributed by atoms with van der Waals surface area (Å²) in [7, 11) is 2.04. The van der Waals surface area contributed by atoms with Crippen LogP contribution in [0.2, 0.25) is 0 Å². The molecule has 21 heavy (non-hydrogen) atoms. The molecule has 0 atom stereocenters. The number of aromatic nitrogens is 3. The molecule has 112 valence electrons. The quantitative estimate of drug-likeness (QED) is 0.937. The summed E-state index contributed by atoms with van der Waals surface area (Å²) in [6, 6.07) is 10.8. The van der Waals surface area contributed by atoms with E-state index in [9.17, 15) is 0 Å². The minimum atomic E-state index is 0.000249. The normalized spacial score (nSPS) is 17.8. The Morgan fingerprint density at radius 2 is 1.90 bits per heavy atom. The van der Waals surface area contributed by atoms with Gasteiger partial charge in [0.15, 0.2) is 5.82 Å². The zero-order valence-electron chi connectivity index (χ0n) is 13.0. The Hall–Kier alpha value is -1.68. The molecule has 1 aliphatic rings. The molecule has 0 unspecified atom stereocenters. The van der Waals surface area contributed by atoms with E-state index in [1.165, 1.54) is 5.56 Å². The molecule has 2 heterocycles. The molecule has 2 aromatic rings. The first-order chi connectivity index (χ1) is 10.3. The number of hydrogen-bond donors (Lipinski definition) is 1. The van der Waals surface area contributed by atoms with Crippen molar-refractivity contribution >= 4 is 0 Å². The number of nitrogens with zero attached hydrogens (tertiary/aromatic N) is 3. The van der Waals surface area contributed by atoms with Gasteiger partial charge in [0.05, 0.1) is 5.41 Å². The van der Waals surface area contributed by atoms with Gasteiger partial charge < -0.3 is 5.32 Å². The predicted molar refractivity (Wildman–Crippen MR) is 84.3 cm³/mol. The van der Waals surface area contributed by atoms with Crippen molar-refractivity contribution in [3.8, 4) is 0 Å². The molecule has 0 radical (unpaired) electrons. The van der Waals surface area contributed by atoms with Crippen molar-refractivity contribution in [3.05, 3.63) is 47.5 Å². The molecule has 1 aromatic carbocycles. The van der Waals surface area contributed by atoms with Gasteiger partial charge in [0.25, 0.3) is 0 Å². The Bertz CT molecular complexity index is 582. The van der Waals surface area contributed by atoms with Gasteiger partial charge in [-0.1, -0.05) is 37.3 Å². The van der Waals surface area contributed by atoms with Crippen molar-refractivity contribution < 1.29 is 0 Å². The van der Waals surface area contributed by atoms with Crippen molar-refractivity contribution in [3.63, 3.8) is 0 Å². The maximum Gasteiger partial charge on any atom is 0.150 e. The second-order valence-electron chi connectivity index (χ2n) is 5.92. The van der Waals surface area contributed by atoms with Crippen LogP contribution in [0.3, 0.4) is 0 Å². The van der Waals surface area contributed by atoms with E-state index in [1.54, 1.807) is 0 Å². The first-order valence-corrected chi connectivity index (χ1v) is 7.93. The van der Waals surface area contributed by atoms with Gasteiger partial charge >= 0.3 is 0 Å². The molecule has 0 saturated carbocycles. The molecule has 0 bridgehead atoms. The highest BCUT2D eigenvalue weighted by Gasteiger charge is 2.39. The van der Waals surface area contributed by atoms with Gasteiger partial charge in [0, 0.05) is 13.5 Å². The molecule has 0 spiro atoms. The Kier molecular flexibility index (Phi) is 4.06. The highest BCUT2D eigenvalue weighted by molar-refractivity contribution is 5.34. The number of rotatable bonds is 4. The topological polar surface area (TPSA) is 42.7 Å². The van der Waals surface area contributed by atoms with Crippen LogP contribution < -0.4 is 5.32 Å². The van der Waals surface area contributed by atoms with Crippen LogP contribution >= 0.6 is 0 Å². The summed E-state index contributed by atoms with van der Waals surface area (Å²) in [4.78, 5) is 4.90. The van der Waals surface area contributed by atoms with E-state index in [0.717, 1.165) is 50.4 Å². The van der Waals surface area contributed by atoms with Crippen molar-refractivity contribution in [2.75, 3.05) is 13.1 Å². The maximum atomic E-state index is 4.90. The van der Waals surface area contributed by atoms with Crippen LogP contribution in [0.15, 0.2) is 30.3 Å². The number of nitrogens with one attached hydrogen (secondary N) is 1. The fraction of sp³-hybridized carbons (Fsp3) is 0.529. The van der Waals surface area contributed by atoms with Crippen LogP contribution in [0.4, 0.5) is 0 Å². The van der Waals surface area contributed by atoms with Crippen molar-refractivity contribution in [2.24, 2.45) is 7.05 Å². The van der Waals surface area contributed by atoms with E-state index in [0.29, 0.717) is 0 Å². The first kappa shape index (κ1) is 14.3. The molecule has 1 aliphatic heterocycles. The average Bonchev–Trinajstić information content (AvgIpc) is 2.90. The van der Waals surface area contributed by atoms with Crippen LogP contribution in [-0.4, -0.2) is 27.9 Å². The summed E-state index contributed by atoms with van der Waals surface area (Å²) in [5.74, 6) is 2.10. The summed E-state index contributed by atoms with van der Waals surface area (Å²) in [6.07, 6.45) is 4.20. The molecule has 1 fully saturated rings. The summed E-state index contributed by atoms with van der Waals surface area (Å²) >= 11 is 0. The Labute approximate surface area is 126 Å². The van der Waals surface area contributed by atoms with Crippen LogP contribution in [0.25, 0.3) is 0 Å². The first-order valence-electron chi connectivity index (χ1n) is 7.93. The van der Waals surface area contributed by atoms with Crippen LogP contribution in [0, 0.1) is 0 Å². The van der Waals surface area contributed by atoms with Gasteiger partial charge in [0.2, 0.25) is 0 Å². The minimum Gasteiger partial charge on any atom is -0.317 e. The van der Waals surface area contributed by atoms with Crippen LogP contribution in [0.5, 0.6) is 0 Å². The van der Waals surface area contributed by atoms with E-state index in [1.807, 2.05) is 11.7 Å². The molecule has 3 rings (SSSR count). The largest absolute Gasteiger partial charge is 0.317 e. The van der Waals surface area contributed by atoms with Gasteiger partial charge in [-0.2, -0.15) is 5.10 Å². The molecule has 1 aromatic heterocycles. The lowest BCUT2D eigenvalue weighted by Gasteiger charge is -2.37. The Balaban J connectivity index is 2.07. The molecule has 4 heteroatoms. The zero-order valence-corrected chi connectivity index (χ0v) is 13.0. The summed E-state index contributed by atoms with van der Waals surface area (Å²) < 4.78 is 2.00. The predicted octanol–water partition coefficient (Wildman–Crippen LogP) is 2.44. The van der Waals surface area contributed by atoms with Gasteiger partial charge in [-0.05, 0) is 37.9 Å². The van der Waals surface area contributed by atoms with Crippen LogP contribution in [-0.2, 0) is 18.9 Å². The van der Waals surface area contributed by atoms with E-state index in [2.05, 4.69) is 47.7 Å². The lowest BCUT2D eigenvalue weighted by molar-refractivity contribution is 0.335. The SMILES string of the molecule is CCCc1nc(C2(c3ccccc3)CCNCC2)n(C)n1. The molecule has 0 aliphatic carbocycles. The Morgan fingerprint density at radius 1 is 1.19 bits per heavy atom. The fourth-order valence-corrected chi connectivity index (χ4v) is 3.44. The van der Waals surface area contributed by atoms with Gasteiger partial charge in [-0.25, -0.2) is 4.98 Å². The van der Waals surface area contributed by atoms with Crippen molar-refractivity contribution in [1.82, 2.24) is 20.1 Å². The van der Waals surface area contributed by atoms with Crippen molar-refractivity contribution in [2.45, 2.75) is 38.0 Å².